The van der Waals surface area contributed by atoms with Crippen LogP contribution in [0.2, 0.25) is 0 Å². The summed E-state index contributed by atoms with van der Waals surface area (Å²) in [6, 6.07) is 8.66. The Labute approximate surface area is 127 Å². The Morgan fingerprint density at radius 2 is 1.81 bits per heavy atom. The molecule has 112 valence electrons. The van der Waals surface area contributed by atoms with Crippen molar-refractivity contribution in [2.75, 3.05) is 11.9 Å². The first-order valence-corrected chi connectivity index (χ1v) is 7.44. The topological polar surface area (TPSA) is 34.1 Å². The van der Waals surface area contributed by atoms with E-state index in [0.717, 1.165) is 5.69 Å². The first kappa shape index (κ1) is 15.4. The first-order valence-electron chi connectivity index (χ1n) is 7.44. The van der Waals surface area contributed by atoms with Crippen molar-refractivity contribution in [3.05, 3.63) is 52.7 Å². The van der Waals surface area contributed by atoms with E-state index in [0.29, 0.717) is 12.5 Å². The summed E-state index contributed by atoms with van der Waals surface area (Å²) in [5, 5.41) is 3.50. The van der Waals surface area contributed by atoms with Crippen LogP contribution in [-0.4, -0.2) is 11.6 Å². The maximum atomic E-state index is 5.36. The van der Waals surface area contributed by atoms with Crippen molar-refractivity contribution in [3.8, 4) is 5.88 Å². The number of anilines is 1. The highest BCUT2D eigenvalue weighted by atomic mass is 16.5. The molecule has 0 radical (unpaired) electrons. The highest BCUT2D eigenvalue weighted by Gasteiger charge is 2.10. The molecule has 3 heteroatoms. The lowest BCUT2D eigenvalue weighted by Gasteiger charge is -2.19. The molecule has 0 aliphatic heterocycles. The molecule has 1 aromatic heterocycles. The molecule has 0 bridgehead atoms. The van der Waals surface area contributed by atoms with Crippen LogP contribution in [0.4, 0.5) is 5.69 Å². The Morgan fingerprint density at radius 3 is 2.43 bits per heavy atom. The SMILES string of the molecule is CCOc1ccc(NC(C)c2cc(C)c(C)cc2C)cn1. The third kappa shape index (κ3) is 3.75. The summed E-state index contributed by atoms with van der Waals surface area (Å²) in [6.45, 7) is 11.2. The number of benzene rings is 1. The average molecular weight is 284 g/mol. The Balaban J connectivity index is 2.14. The minimum absolute atomic E-state index is 0.240. The van der Waals surface area contributed by atoms with Crippen molar-refractivity contribution in [1.29, 1.82) is 0 Å². The smallest absolute Gasteiger partial charge is 0.213 e. The number of ether oxygens (including phenoxy) is 1. The molecule has 0 saturated carbocycles. The van der Waals surface area contributed by atoms with Crippen LogP contribution >= 0.6 is 0 Å². The molecule has 0 fully saturated rings. The van der Waals surface area contributed by atoms with Crippen LogP contribution in [0.3, 0.4) is 0 Å². The van der Waals surface area contributed by atoms with Gasteiger partial charge in [0.1, 0.15) is 0 Å². The van der Waals surface area contributed by atoms with Gasteiger partial charge in [-0.1, -0.05) is 12.1 Å². The normalized spacial score (nSPS) is 12.0. The molecule has 1 N–H and O–H groups in total. The number of nitrogens with zero attached hydrogens (tertiary/aromatic N) is 1. The van der Waals surface area contributed by atoms with E-state index in [-0.39, 0.29) is 6.04 Å². The van der Waals surface area contributed by atoms with E-state index in [4.69, 9.17) is 4.74 Å². The van der Waals surface area contributed by atoms with Crippen molar-refractivity contribution in [2.24, 2.45) is 0 Å². The monoisotopic (exact) mass is 284 g/mol. The van der Waals surface area contributed by atoms with Gasteiger partial charge >= 0.3 is 0 Å². The zero-order chi connectivity index (χ0) is 15.4. The van der Waals surface area contributed by atoms with E-state index >= 15 is 0 Å². The molecule has 1 heterocycles. The number of rotatable bonds is 5. The van der Waals surface area contributed by atoms with E-state index in [9.17, 15) is 0 Å². The third-order valence-electron chi connectivity index (χ3n) is 3.76. The lowest BCUT2D eigenvalue weighted by Crippen LogP contribution is -2.09. The van der Waals surface area contributed by atoms with Gasteiger partial charge in [-0.05, 0) is 62.9 Å². The minimum Gasteiger partial charge on any atom is -0.478 e. The first-order chi connectivity index (χ1) is 10.0. The van der Waals surface area contributed by atoms with Gasteiger partial charge in [0.25, 0.3) is 0 Å². The number of pyridine rings is 1. The lowest BCUT2D eigenvalue weighted by atomic mass is 9.96. The molecule has 21 heavy (non-hydrogen) atoms. The summed E-state index contributed by atoms with van der Waals surface area (Å²) >= 11 is 0. The highest BCUT2D eigenvalue weighted by molar-refractivity contribution is 5.47. The van der Waals surface area contributed by atoms with Gasteiger partial charge in [-0.25, -0.2) is 4.98 Å². The van der Waals surface area contributed by atoms with Gasteiger partial charge in [-0.3, -0.25) is 0 Å². The predicted octanol–water partition coefficient (Wildman–Crippen LogP) is 4.58. The standard InChI is InChI=1S/C18H24N2O/c1-6-21-18-8-7-16(11-19-18)20-15(5)17-10-13(3)12(2)9-14(17)4/h7-11,15,20H,6H2,1-5H3. The molecule has 1 unspecified atom stereocenters. The molecule has 0 aliphatic carbocycles. The Morgan fingerprint density at radius 1 is 1.10 bits per heavy atom. The molecule has 2 aromatic rings. The summed E-state index contributed by atoms with van der Waals surface area (Å²) < 4.78 is 5.36. The summed E-state index contributed by atoms with van der Waals surface area (Å²) in [5.41, 5.74) is 6.31. The molecule has 0 saturated heterocycles. The predicted molar refractivity (Wildman–Crippen MR) is 88.1 cm³/mol. The second-order valence-corrected chi connectivity index (χ2v) is 5.48. The molecule has 2 rings (SSSR count). The van der Waals surface area contributed by atoms with E-state index in [1.165, 1.54) is 22.3 Å². The average Bonchev–Trinajstić information content (AvgIpc) is 2.45. The summed E-state index contributed by atoms with van der Waals surface area (Å²) in [6.07, 6.45) is 1.82. The van der Waals surface area contributed by atoms with Crippen LogP contribution in [0, 0.1) is 20.8 Å². The van der Waals surface area contributed by atoms with Gasteiger partial charge < -0.3 is 10.1 Å². The minimum atomic E-state index is 0.240. The van der Waals surface area contributed by atoms with Gasteiger partial charge in [0.15, 0.2) is 0 Å². The third-order valence-corrected chi connectivity index (χ3v) is 3.76. The number of aryl methyl sites for hydroxylation is 3. The Bertz CT molecular complexity index is 605. The summed E-state index contributed by atoms with van der Waals surface area (Å²) in [5.74, 6) is 0.665. The van der Waals surface area contributed by atoms with E-state index in [1.807, 2.05) is 25.3 Å². The number of nitrogens with one attached hydrogen (secondary N) is 1. The fourth-order valence-electron chi connectivity index (χ4n) is 2.48. The molecule has 1 atom stereocenters. The zero-order valence-corrected chi connectivity index (χ0v) is 13.5. The molecule has 0 aliphatic rings. The van der Waals surface area contributed by atoms with Crippen LogP contribution in [0.15, 0.2) is 30.5 Å². The number of hydrogen-bond acceptors (Lipinski definition) is 3. The Hall–Kier alpha value is -2.03. The fraction of sp³-hybridized carbons (Fsp3) is 0.389. The maximum Gasteiger partial charge on any atom is 0.213 e. The van der Waals surface area contributed by atoms with Crippen molar-refractivity contribution in [2.45, 2.75) is 40.7 Å². The van der Waals surface area contributed by atoms with E-state index in [2.05, 4.69) is 50.1 Å². The van der Waals surface area contributed by atoms with Crippen molar-refractivity contribution in [1.82, 2.24) is 4.98 Å². The molecule has 0 spiro atoms. The quantitative estimate of drug-likeness (QED) is 0.872. The second-order valence-electron chi connectivity index (χ2n) is 5.48. The van der Waals surface area contributed by atoms with Crippen LogP contribution in [0.25, 0.3) is 0 Å². The molecular weight excluding hydrogens is 260 g/mol. The van der Waals surface area contributed by atoms with Crippen molar-refractivity contribution >= 4 is 5.69 Å². The molecule has 1 aromatic carbocycles. The van der Waals surface area contributed by atoms with Crippen LogP contribution in [0.1, 0.15) is 42.1 Å². The van der Waals surface area contributed by atoms with Gasteiger partial charge in [0, 0.05) is 12.1 Å². The van der Waals surface area contributed by atoms with Gasteiger partial charge in [-0.15, -0.1) is 0 Å². The van der Waals surface area contributed by atoms with Crippen LogP contribution in [-0.2, 0) is 0 Å². The second kappa shape index (κ2) is 6.61. The van der Waals surface area contributed by atoms with Gasteiger partial charge in [0.2, 0.25) is 5.88 Å². The van der Waals surface area contributed by atoms with Gasteiger partial charge in [-0.2, -0.15) is 0 Å². The van der Waals surface area contributed by atoms with Crippen LogP contribution in [0.5, 0.6) is 5.88 Å². The van der Waals surface area contributed by atoms with Gasteiger partial charge in [0.05, 0.1) is 18.5 Å². The molecule has 0 amide bonds. The van der Waals surface area contributed by atoms with Crippen LogP contribution < -0.4 is 10.1 Å². The summed E-state index contributed by atoms with van der Waals surface area (Å²) in [4.78, 5) is 4.28. The fourth-order valence-corrected chi connectivity index (χ4v) is 2.48. The van der Waals surface area contributed by atoms with E-state index < -0.39 is 0 Å². The maximum absolute atomic E-state index is 5.36. The number of aromatic nitrogens is 1. The largest absolute Gasteiger partial charge is 0.478 e. The molecule has 3 nitrogen and oxygen atoms in total. The summed E-state index contributed by atoms with van der Waals surface area (Å²) in [7, 11) is 0. The Kier molecular flexibility index (Phi) is 4.84. The van der Waals surface area contributed by atoms with Crippen molar-refractivity contribution < 1.29 is 4.74 Å². The molecular formula is C18H24N2O. The van der Waals surface area contributed by atoms with E-state index in [1.54, 1.807) is 0 Å². The highest BCUT2D eigenvalue weighted by Crippen LogP contribution is 2.25. The van der Waals surface area contributed by atoms with Crippen molar-refractivity contribution in [3.63, 3.8) is 0 Å². The number of hydrogen-bond donors (Lipinski definition) is 1. The lowest BCUT2D eigenvalue weighted by molar-refractivity contribution is 0.327. The zero-order valence-electron chi connectivity index (χ0n) is 13.5.